The van der Waals surface area contributed by atoms with Gasteiger partial charge in [-0.2, -0.15) is 0 Å². The van der Waals surface area contributed by atoms with Gasteiger partial charge in [0.1, 0.15) is 0 Å². The van der Waals surface area contributed by atoms with Crippen LogP contribution in [0.2, 0.25) is 0 Å². The van der Waals surface area contributed by atoms with Gasteiger partial charge in [-0.15, -0.1) is 0 Å². The standard InChI is InChI=1S/C25H34N2O4/c1-3-17-4-6-21(7-5-17)27-23(29)16(2)31-22(28)8-9-26-24(30)25-13-18-10-19(14-25)12-20(11-18)15-25/h4-7,16,18-20H,3,8-15H2,1-2H3,(H,26,30)(H,27,29)/t16-,18?,19?,20?,25?/m0/s1. The summed E-state index contributed by atoms with van der Waals surface area (Å²) in [5, 5.41) is 5.74. The summed E-state index contributed by atoms with van der Waals surface area (Å²) in [5.74, 6) is 1.39. The Morgan fingerprint density at radius 2 is 1.61 bits per heavy atom. The fraction of sp³-hybridized carbons (Fsp3) is 0.640. The van der Waals surface area contributed by atoms with Gasteiger partial charge in [0.2, 0.25) is 5.91 Å². The van der Waals surface area contributed by atoms with Gasteiger partial charge in [-0.3, -0.25) is 14.4 Å². The van der Waals surface area contributed by atoms with Gasteiger partial charge in [-0.1, -0.05) is 19.1 Å². The molecule has 168 valence electrons. The van der Waals surface area contributed by atoms with Crippen LogP contribution in [0, 0.1) is 23.2 Å². The summed E-state index contributed by atoms with van der Waals surface area (Å²) in [6.07, 6.45) is 7.01. The maximum atomic E-state index is 12.9. The lowest BCUT2D eigenvalue weighted by Gasteiger charge is -2.55. The highest BCUT2D eigenvalue weighted by Gasteiger charge is 2.54. The van der Waals surface area contributed by atoms with E-state index in [0.717, 1.165) is 25.7 Å². The molecule has 4 aliphatic rings. The van der Waals surface area contributed by atoms with E-state index in [1.807, 2.05) is 24.3 Å². The molecule has 1 aromatic rings. The van der Waals surface area contributed by atoms with E-state index in [1.54, 1.807) is 6.92 Å². The molecule has 0 radical (unpaired) electrons. The van der Waals surface area contributed by atoms with Crippen molar-refractivity contribution in [1.82, 2.24) is 5.32 Å². The average molecular weight is 427 g/mol. The van der Waals surface area contributed by atoms with Crippen LogP contribution in [-0.4, -0.2) is 30.4 Å². The lowest BCUT2D eigenvalue weighted by Crippen LogP contribution is -2.53. The van der Waals surface area contributed by atoms with Crippen LogP contribution in [0.4, 0.5) is 5.69 Å². The highest BCUT2D eigenvalue weighted by atomic mass is 16.5. The Labute approximate surface area is 184 Å². The van der Waals surface area contributed by atoms with Gasteiger partial charge in [-0.05, 0) is 87.3 Å². The largest absolute Gasteiger partial charge is 0.452 e. The zero-order valence-electron chi connectivity index (χ0n) is 18.6. The van der Waals surface area contributed by atoms with Crippen LogP contribution >= 0.6 is 0 Å². The van der Waals surface area contributed by atoms with Crippen LogP contribution in [0.15, 0.2) is 24.3 Å². The number of benzene rings is 1. The molecule has 0 heterocycles. The first-order valence-corrected chi connectivity index (χ1v) is 11.7. The predicted molar refractivity (Wildman–Crippen MR) is 118 cm³/mol. The number of carbonyl (C=O) groups excluding carboxylic acids is 3. The molecule has 0 saturated heterocycles. The Kier molecular flexibility index (Phi) is 6.35. The fourth-order valence-corrected chi connectivity index (χ4v) is 6.23. The summed E-state index contributed by atoms with van der Waals surface area (Å²) in [5.41, 5.74) is 1.65. The Morgan fingerprint density at radius 1 is 1.03 bits per heavy atom. The fourth-order valence-electron chi connectivity index (χ4n) is 6.23. The molecule has 1 aromatic carbocycles. The lowest BCUT2D eigenvalue weighted by atomic mass is 9.49. The summed E-state index contributed by atoms with van der Waals surface area (Å²) in [4.78, 5) is 37.4. The molecule has 2 amide bonds. The van der Waals surface area contributed by atoms with Gasteiger partial charge in [0, 0.05) is 17.6 Å². The molecule has 31 heavy (non-hydrogen) atoms. The first-order valence-electron chi connectivity index (χ1n) is 11.7. The van der Waals surface area contributed by atoms with E-state index >= 15 is 0 Å². The summed E-state index contributed by atoms with van der Waals surface area (Å²) >= 11 is 0. The minimum atomic E-state index is -0.891. The molecule has 0 unspecified atom stereocenters. The lowest BCUT2D eigenvalue weighted by molar-refractivity contribution is -0.153. The van der Waals surface area contributed by atoms with Gasteiger partial charge in [0.05, 0.1) is 6.42 Å². The Bertz CT molecular complexity index is 797. The van der Waals surface area contributed by atoms with Crippen LogP contribution in [0.3, 0.4) is 0 Å². The third kappa shape index (κ3) is 4.94. The van der Waals surface area contributed by atoms with Crippen molar-refractivity contribution in [3.8, 4) is 0 Å². The zero-order chi connectivity index (χ0) is 22.0. The third-order valence-electron chi connectivity index (χ3n) is 7.44. The molecule has 4 fully saturated rings. The van der Waals surface area contributed by atoms with E-state index in [4.69, 9.17) is 4.74 Å². The normalized spacial score (nSPS) is 29.3. The van der Waals surface area contributed by atoms with Crippen molar-refractivity contribution < 1.29 is 19.1 Å². The van der Waals surface area contributed by atoms with Gasteiger partial charge in [0.15, 0.2) is 6.10 Å². The molecule has 4 bridgehead atoms. The molecule has 0 aromatic heterocycles. The topological polar surface area (TPSA) is 84.5 Å². The van der Waals surface area contributed by atoms with Crippen LogP contribution in [0.25, 0.3) is 0 Å². The maximum absolute atomic E-state index is 12.9. The molecule has 6 nitrogen and oxygen atoms in total. The Balaban J connectivity index is 1.19. The van der Waals surface area contributed by atoms with E-state index < -0.39 is 12.1 Å². The molecular weight excluding hydrogens is 392 g/mol. The highest BCUT2D eigenvalue weighted by Crippen LogP contribution is 2.60. The summed E-state index contributed by atoms with van der Waals surface area (Å²) in [6, 6.07) is 7.59. The number of hydrogen-bond donors (Lipinski definition) is 2. The number of aryl methyl sites for hydroxylation is 1. The summed E-state index contributed by atoms with van der Waals surface area (Å²) in [7, 11) is 0. The van der Waals surface area contributed by atoms with E-state index in [1.165, 1.54) is 24.8 Å². The number of rotatable bonds is 8. The van der Waals surface area contributed by atoms with Crippen LogP contribution in [-0.2, 0) is 25.5 Å². The van der Waals surface area contributed by atoms with Crippen molar-refractivity contribution in [3.63, 3.8) is 0 Å². The monoisotopic (exact) mass is 426 g/mol. The van der Waals surface area contributed by atoms with Gasteiger partial charge in [-0.25, -0.2) is 0 Å². The Morgan fingerprint density at radius 3 is 2.16 bits per heavy atom. The zero-order valence-corrected chi connectivity index (χ0v) is 18.6. The molecule has 5 rings (SSSR count). The maximum Gasteiger partial charge on any atom is 0.308 e. The van der Waals surface area contributed by atoms with Crippen molar-refractivity contribution in [1.29, 1.82) is 0 Å². The number of esters is 1. The van der Waals surface area contributed by atoms with Crippen LogP contribution < -0.4 is 10.6 Å². The molecule has 6 heteroatoms. The number of carbonyl (C=O) groups is 3. The van der Waals surface area contributed by atoms with Gasteiger partial charge >= 0.3 is 5.97 Å². The molecular formula is C25H34N2O4. The molecule has 2 N–H and O–H groups in total. The van der Waals surface area contributed by atoms with Crippen molar-refractivity contribution in [2.75, 3.05) is 11.9 Å². The van der Waals surface area contributed by atoms with Gasteiger partial charge in [0.25, 0.3) is 5.91 Å². The number of hydrogen-bond acceptors (Lipinski definition) is 4. The smallest absolute Gasteiger partial charge is 0.308 e. The van der Waals surface area contributed by atoms with Crippen LogP contribution in [0.5, 0.6) is 0 Å². The first-order chi connectivity index (χ1) is 14.9. The minimum absolute atomic E-state index is 0.0704. The molecule has 4 saturated carbocycles. The highest BCUT2D eigenvalue weighted by molar-refractivity contribution is 5.95. The van der Waals surface area contributed by atoms with E-state index in [2.05, 4.69) is 17.6 Å². The third-order valence-corrected chi connectivity index (χ3v) is 7.44. The molecule has 4 aliphatic carbocycles. The molecule has 0 spiro atoms. The van der Waals surface area contributed by atoms with Gasteiger partial charge < -0.3 is 15.4 Å². The van der Waals surface area contributed by atoms with E-state index in [-0.39, 0.29) is 30.2 Å². The predicted octanol–water partition coefficient (Wildman–Crippen LogP) is 3.84. The average Bonchev–Trinajstić information content (AvgIpc) is 2.73. The quantitative estimate of drug-likeness (QED) is 0.619. The van der Waals surface area contributed by atoms with Crippen molar-refractivity contribution in [2.45, 2.75) is 71.3 Å². The molecule has 1 atom stereocenters. The number of anilines is 1. The number of ether oxygens (including phenoxy) is 1. The van der Waals surface area contributed by atoms with Crippen molar-refractivity contribution in [3.05, 3.63) is 29.8 Å². The van der Waals surface area contributed by atoms with Crippen LogP contribution in [0.1, 0.15) is 64.4 Å². The first kappa shape index (κ1) is 21.8. The second-order valence-corrected chi connectivity index (χ2v) is 9.88. The van der Waals surface area contributed by atoms with E-state index in [0.29, 0.717) is 23.4 Å². The second kappa shape index (κ2) is 9.01. The summed E-state index contributed by atoms with van der Waals surface area (Å²) < 4.78 is 5.26. The van der Waals surface area contributed by atoms with Crippen molar-refractivity contribution >= 4 is 23.5 Å². The summed E-state index contributed by atoms with van der Waals surface area (Å²) in [6.45, 7) is 3.88. The van der Waals surface area contributed by atoms with Crippen molar-refractivity contribution in [2.24, 2.45) is 23.2 Å². The Hall–Kier alpha value is -2.37. The number of amides is 2. The number of nitrogens with one attached hydrogen (secondary N) is 2. The molecule has 0 aliphatic heterocycles. The van der Waals surface area contributed by atoms with E-state index in [9.17, 15) is 14.4 Å². The minimum Gasteiger partial charge on any atom is -0.452 e. The SMILES string of the molecule is CCc1ccc(NC(=O)[C@H](C)OC(=O)CCNC(=O)C23CC4CC(CC(C4)C2)C3)cc1. The second-order valence-electron chi connectivity index (χ2n) is 9.88.